The van der Waals surface area contributed by atoms with Crippen LogP contribution < -0.4 is 0 Å². The molecule has 0 fully saturated rings. The van der Waals surface area contributed by atoms with E-state index in [9.17, 15) is 9.59 Å². The molecule has 0 aliphatic heterocycles. The SMILES string of the molecule is CCCCCCCCC(C(=O)OC(C)C)C(=O)OC(C)C. The summed E-state index contributed by atoms with van der Waals surface area (Å²) in [6, 6.07) is 0. The van der Waals surface area contributed by atoms with Gasteiger partial charge in [0.25, 0.3) is 0 Å². The lowest BCUT2D eigenvalue weighted by atomic mass is 10.00. The van der Waals surface area contributed by atoms with Gasteiger partial charge in [0, 0.05) is 0 Å². The minimum Gasteiger partial charge on any atom is -0.462 e. The monoisotopic (exact) mass is 300 g/mol. The van der Waals surface area contributed by atoms with E-state index in [4.69, 9.17) is 9.47 Å². The minimum atomic E-state index is -0.777. The third-order valence-corrected chi connectivity index (χ3v) is 3.12. The Labute approximate surface area is 129 Å². The van der Waals surface area contributed by atoms with Crippen LogP contribution in [-0.4, -0.2) is 24.1 Å². The zero-order valence-corrected chi connectivity index (χ0v) is 14.3. The second kappa shape index (κ2) is 11.6. The fourth-order valence-corrected chi connectivity index (χ4v) is 2.09. The van der Waals surface area contributed by atoms with Crippen LogP contribution in [0.3, 0.4) is 0 Å². The molecule has 0 unspecified atom stereocenters. The summed E-state index contributed by atoms with van der Waals surface area (Å²) in [6.07, 6.45) is 6.82. The van der Waals surface area contributed by atoms with Gasteiger partial charge in [0.2, 0.25) is 0 Å². The van der Waals surface area contributed by atoms with Crippen LogP contribution in [0.1, 0.15) is 79.6 Å². The molecule has 4 heteroatoms. The summed E-state index contributed by atoms with van der Waals surface area (Å²) in [6.45, 7) is 9.32. The van der Waals surface area contributed by atoms with Crippen LogP contribution in [0.15, 0.2) is 0 Å². The number of carbonyl (C=O) groups excluding carboxylic acids is 2. The molecule has 0 radical (unpaired) electrons. The normalized spacial score (nSPS) is 11.2. The van der Waals surface area contributed by atoms with Gasteiger partial charge < -0.3 is 9.47 Å². The molecule has 0 aromatic rings. The van der Waals surface area contributed by atoms with Gasteiger partial charge >= 0.3 is 11.9 Å². The highest BCUT2D eigenvalue weighted by Crippen LogP contribution is 2.17. The van der Waals surface area contributed by atoms with Crippen molar-refractivity contribution >= 4 is 11.9 Å². The lowest BCUT2D eigenvalue weighted by molar-refractivity contribution is -0.166. The molecule has 0 bridgehead atoms. The van der Waals surface area contributed by atoms with E-state index in [-0.39, 0.29) is 12.2 Å². The average molecular weight is 300 g/mol. The predicted molar refractivity (Wildman–Crippen MR) is 83.9 cm³/mol. The van der Waals surface area contributed by atoms with Crippen molar-refractivity contribution in [3.63, 3.8) is 0 Å². The van der Waals surface area contributed by atoms with Crippen molar-refractivity contribution in [2.24, 2.45) is 5.92 Å². The Kier molecular flexibility index (Phi) is 11.0. The van der Waals surface area contributed by atoms with Gasteiger partial charge in [0.15, 0.2) is 5.92 Å². The molecule has 0 aromatic heterocycles. The third kappa shape index (κ3) is 10.3. The molecule has 0 heterocycles. The van der Waals surface area contributed by atoms with Gasteiger partial charge in [-0.2, -0.15) is 0 Å². The lowest BCUT2D eigenvalue weighted by Gasteiger charge is -2.18. The molecule has 124 valence electrons. The van der Waals surface area contributed by atoms with Crippen molar-refractivity contribution in [2.75, 3.05) is 0 Å². The molecule has 0 rings (SSSR count). The molecular formula is C17H32O4. The summed E-state index contributed by atoms with van der Waals surface area (Å²) in [5.41, 5.74) is 0. The van der Waals surface area contributed by atoms with E-state index in [0.29, 0.717) is 6.42 Å². The highest BCUT2D eigenvalue weighted by atomic mass is 16.6. The standard InChI is InChI=1S/C17H32O4/c1-6-7-8-9-10-11-12-15(16(18)20-13(2)3)17(19)21-14(4)5/h13-15H,6-12H2,1-5H3. The summed E-state index contributed by atoms with van der Waals surface area (Å²) in [7, 11) is 0. The maximum absolute atomic E-state index is 12.0. The van der Waals surface area contributed by atoms with Crippen LogP contribution in [0.2, 0.25) is 0 Å². The Balaban J connectivity index is 4.31. The lowest BCUT2D eigenvalue weighted by Crippen LogP contribution is -2.31. The van der Waals surface area contributed by atoms with Crippen molar-refractivity contribution < 1.29 is 19.1 Å². The highest BCUT2D eigenvalue weighted by Gasteiger charge is 2.30. The molecule has 0 aliphatic rings. The first-order valence-electron chi connectivity index (χ1n) is 8.29. The van der Waals surface area contributed by atoms with Crippen LogP contribution in [0.5, 0.6) is 0 Å². The minimum absolute atomic E-state index is 0.212. The van der Waals surface area contributed by atoms with Gasteiger partial charge in [0.05, 0.1) is 12.2 Å². The van der Waals surface area contributed by atoms with Crippen molar-refractivity contribution in [3.05, 3.63) is 0 Å². The fraction of sp³-hybridized carbons (Fsp3) is 0.882. The van der Waals surface area contributed by atoms with E-state index < -0.39 is 17.9 Å². The molecular weight excluding hydrogens is 268 g/mol. The second-order valence-electron chi connectivity index (χ2n) is 6.08. The number of unbranched alkanes of at least 4 members (excludes halogenated alkanes) is 5. The van der Waals surface area contributed by atoms with E-state index in [0.717, 1.165) is 19.3 Å². The average Bonchev–Trinajstić information content (AvgIpc) is 2.35. The molecule has 4 nitrogen and oxygen atoms in total. The number of hydrogen-bond acceptors (Lipinski definition) is 4. The van der Waals surface area contributed by atoms with E-state index in [1.54, 1.807) is 27.7 Å². The molecule has 0 aromatic carbocycles. The van der Waals surface area contributed by atoms with Crippen LogP contribution in [0.25, 0.3) is 0 Å². The molecule has 0 amide bonds. The van der Waals surface area contributed by atoms with Gasteiger partial charge in [-0.15, -0.1) is 0 Å². The topological polar surface area (TPSA) is 52.6 Å². The van der Waals surface area contributed by atoms with E-state index in [1.165, 1.54) is 19.3 Å². The molecule has 0 N–H and O–H groups in total. The summed E-state index contributed by atoms with van der Waals surface area (Å²) < 4.78 is 10.3. The third-order valence-electron chi connectivity index (χ3n) is 3.12. The van der Waals surface area contributed by atoms with Crippen molar-refractivity contribution in [3.8, 4) is 0 Å². The van der Waals surface area contributed by atoms with Crippen LogP contribution in [0, 0.1) is 5.92 Å². The smallest absolute Gasteiger partial charge is 0.320 e. The Morgan fingerprint density at radius 3 is 1.62 bits per heavy atom. The summed E-state index contributed by atoms with van der Waals surface area (Å²) in [5.74, 6) is -1.69. The Morgan fingerprint density at radius 2 is 1.19 bits per heavy atom. The first-order chi connectivity index (χ1) is 9.88. The number of ether oxygens (including phenoxy) is 2. The summed E-state index contributed by atoms with van der Waals surface area (Å²) >= 11 is 0. The van der Waals surface area contributed by atoms with Crippen molar-refractivity contribution in [1.82, 2.24) is 0 Å². The fourth-order valence-electron chi connectivity index (χ4n) is 2.09. The van der Waals surface area contributed by atoms with Gasteiger partial charge in [0.1, 0.15) is 0 Å². The molecule has 0 saturated carbocycles. The quantitative estimate of drug-likeness (QED) is 0.325. The van der Waals surface area contributed by atoms with Crippen LogP contribution in [0.4, 0.5) is 0 Å². The molecule has 0 spiro atoms. The van der Waals surface area contributed by atoms with Crippen LogP contribution >= 0.6 is 0 Å². The van der Waals surface area contributed by atoms with Gasteiger partial charge in [-0.25, -0.2) is 0 Å². The summed E-state index contributed by atoms with van der Waals surface area (Å²) in [4.78, 5) is 24.0. The number of esters is 2. The van der Waals surface area contributed by atoms with Gasteiger partial charge in [-0.1, -0.05) is 45.4 Å². The first-order valence-corrected chi connectivity index (χ1v) is 8.29. The predicted octanol–water partition coefficient (Wildman–Crippen LogP) is 4.26. The molecule has 0 atom stereocenters. The summed E-state index contributed by atoms with van der Waals surface area (Å²) in [5, 5.41) is 0. The molecule has 21 heavy (non-hydrogen) atoms. The maximum atomic E-state index is 12.0. The second-order valence-corrected chi connectivity index (χ2v) is 6.08. The number of carbonyl (C=O) groups is 2. The zero-order chi connectivity index (χ0) is 16.3. The van der Waals surface area contributed by atoms with Gasteiger partial charge in [-0.3, -0.25) is 9.59 Å². The largest absolute Gasteiger partial charge is 0.462 e. The van der Waals surface area contributed by atoms with Crippen LogP contribution in [-0.2, 0) is 19.1 Å². The Bertz CT molecular complexity index is 275. The van der Waals surface area contributed by atoms with E-state index in [2.05, 4.69) is 6.92 Å². The van der Waals surface area contributed by atoms with Crippen molar-refractivity contribution in [2.45, 2.75) is 91.8 Å². The van der Waals surface area contributed by atoms with Crippen molar-refractivity contribution in [1.29, 1.82) is 0 Å². The molecule has 0 saturated heterocycles. The first kappa shape index (κ1) is 19.9. The highest BCUT2D eigenvalue weighted by molar-refractivity contribution is 5.95. The molecule has 0 aliphatic carbocycles. The van der Waals surface area contributed by atoms with E-state index in [1.807, 2.05) is 0 Å². The zero-order valence-electron chi connectivity index (χ0n) is 14.3. The number of hydrogen-bond donors (Lipinski definition) is 0. The Morgan fingerprint density at radius 1 is 0.762 bits per heavy atom. The van der Waals surface area contributed by atoms with E-state index >= 15 is 0 Å². The number of rotatable bonds is 11. The van der Waals surface area contributed by atoms with Gasteiger partial charge in [-0.05, 0) is 34.1 Å². The Hall–Kier alpha value is -1.06. The maximum Gasteiger partial charge on any atom is 0.320 e.